The summed E-state index contributed by atoms with van der Waals surface area (Å²) in [5.74, 6) is 0. The average Bonchev–Trinajstić information content (AvgIpc) is 2.67. The van der Waals surface area contributed by atoms with Crippen molar-refractivity contribution < 1.29 is 13.2 Å². The molecular weight excluding hydrogens is 287 g/mol. The minimum absolute atomic E-state index is 0.0586. The molecule has 2 N–H and O–H groups in total. The number of aromatic nitrogens is 2. The number of hydrogen-bond donors (Lipinski definition) is 1. The predicted octanol–water partition coefficient (Wildman–Crippen LogP) is 3.36. The lowest BCUT2D eigenvalue weighted by Gasteiger charge is -2.12. The van der Waals surface area contributed by atoms with Gasteiger partial charge < -0.3 is 5.73 Å². The number of rotatable bonds is 3. The fraction of sp³-hybridized carbons (Fsp3) is 0.308. The minimum atomic E-state index is -4.35. The van der Waals surface area contributed by atoms with Crippen molar-refractivity contribution in [3.05, 3.63) is 41.1 Å². The Kier molecular flexibility index (Phi) is 4.10. The van der Waals surface area contributed by atoms with Crippen molar-refractivity contribution in [1.29, 1.82) is 0 Å². The first kappa shape index (κ1) is 14.9. The van der Waals surface area contributed by atoms with Crippen molar-refractivity contribution in [3.8, 4) is 0 Å². The summed E-state index contributed by atoms with van der Waals surface area (Å²) in [6, 6.07) is 5.51. The van der Waals surface area contributed by atoms with E-state index in [0.29, 0.717) is 10.5 Å². The van der Waals surface area contributed by atoms with Crippen molar-refractivity contribution >= 4 is 11.8 Å². The van der Waals surface area contributed by atoms with Crippen molar-refractivity contribution in [1.82, 2.24) is 9.78 Å². The van der Waals surface area contributed by atoms with Gasteiger partial charge in [0.15, 0.2) is 0 Å². The van der Waals surface area contributed by atoms with E-state index in [9.17, 15) is 13.2 Å². The first-order valence-corrected chi connectivity index (χ1v) is 6.71. The van der Waals surface area contributed by atoms with Gasteiger partial charge in [0.05, 0.1) is 16.3 Å². The maximum absolute atomic E-state index is 12.7. The van der Waals surface area contributed by atoms with Gasteiger partial charge in [-0.05, 0) is 36.8 Å². The van der Waals surface area contributed by atoms with Crippen LogP contribution in [0.4, 0.5) is 13.2 Å². The first-order valence-electron chi connectivity index (χ1n) is 5.90. The monoisotopic (exact) mass is 301 g/mol. The van der Waals surface area contributed by atoms with Gasteiger partial charge in [0.25, 0.3) is 0 Å². The summed E-state index contributed by atoms with van der Waals surface area (Å²) < 4.78 is 39.7. The second-order valence-corrected chi connectivity index (χ2v) is 5.44. The molecule has 0 aliphatic heterocycles. The maximum Gasteiger partial charge on any atom is 0.416 e. The predicted molar refractivity (Wildman–Crippen MR) is 71.4 cm³/mol. The molecular formula is C13H14F3N3S. The van der Waals surface area contributed by atoms with E-state index in [0.717, 1.165) is 22.9 Å². The Labute approximate surface area is 119 Å². The summed E-state index contributed by atoms with van der Waals surface area (Å²) in [5.41, 5.74) is 6.21. The summed E-state index contributed by atoms with van der Waals surface area (Å²) in [7, 11) is 1.79. The molecule has 2 rings (SSSR count). The molecule has 0 aliphatic rings. The van der Waals surface area contributed by atoms with E-state index in [1.54, 1.807) is 11.7 Å². The SMILES string of the molecule is Cc1cc(Sc2ccc(C(F)(F)F)cc2CN)n(C)n1. The normalized spacial score (nSPS) is 11.9. The molecule has 108 valence electrons. The Morgan fingerprint density at radius 2 is 2.00 bits per heavy atom. The summed E-state index contributed by atoms with van der Waals surface area (Å²) in [6.45, 7) is 1.92. The summed E-state index contributed by atoms with van der Waals surface area (Å²) >= 11 is 1.36. The van der Waals surface area contributed by atoms with Gasteiger partial charge in [-0.2, -0.15) is 18.3 Å². The molecule has 2 aromatic rings. The van der Waals surface area contributed by atoms with E-state index in [-0.39, 0.29) is 6.54 Å². The van der Waals surface area contributed by atoms with E-state index in [1.165, 1.54) is 17.8 Å². The third-order valence-electron chi connectivity index (χ3n) is 2.78. The number of alkyl halides is 3. The summed E-state index contributed by atoms with van der Waals surface area (Å²) in [5, 5.41) is 5.06. The molecule has 1 aromatic carbocycles. The lowest BCUT2D eigenvalue weighted by Crippen LogP contribution is -2.08. The summed E-state index contributed by atoms with van der Waals surface area (Å²) in [6.07, 6.45) is -4.35. The van der Waals surface area contributed by atoms with Crippen LogP contribution in [0.25, 0.3) is 0 Å². The Bertz CT molecular complexity index is 620. The number of aryl methyl sites for hydroxylation is 2. The van der Waals surface area contributed by atoms with Crippen molar-refractivity contribution in [2.24, 2.45) is 12.8 Å². The molecule has 1 aromatic heterocycles. The van der Waals surface area contributed by atoms with Gasteiger partial charge in [0.2, 0.25) is 0 Å². The van der Waals surface area contributed by atoms with Crippen LogP contribution < -0.4 is 5.73 Å². The van der Waals surface area contributed by atoms with Gasteiger partial charge >= 0.3 is 6.18 Å². The van der Waals surface area contributed by atoms with Crippen LogP contribution >= 0.6 is 11.8 Å². The Hall–Kier alpha value is -1.47. The lowest BCUT2D eigenvalue weighted by atomic mass is 10.1. The highest BCUT2D eigenvalue weighted by molar-refractivity contribution is 7.99. The van der Waals surface area contributed by atoms with Crippen molar-refractivity contribution in [2.45, 2.75) is 29.6 Å². The second kappa shape index (κ2) is 5.49. The zero-order chi connectivity index (χ0) is 14.9. The third kappa shape index (κ3) is 3.16. The van der Waals surface area contributed by atoms with E-state index < -0.39 is 11.7 Å². The number of hydrogen-bond acceptors (Lipinski definition) is 3. The number of halogens is 3. The molecule has 0 saturated carbocycles. The minimum Gasteiger partial charge on any atom is -0.326 e. The Balaban J connectivity index is 2.35. The van der Waals surface area contributed by atoms with E-state index in [4.69, 9.17) is 5.73 Å². The topological polar surface area (TPSA) is 43.8 Å². The summed E-state index contributed by atoms with van der Waals surface area (Å²) in [4.78, 5) is 0.712. The molecule has 0 fully saturated rings. The highest BCUT2D eigenvalue weighted by atomic mass is 32.2. The Morgan fingerprint density at radius 3 is 2.50 bits per heavy atom. The largest absolute Gasteiger partial charge is 0.416 e. The zero-order valence-corrected chi connectivity index (χ0v) is 11.8. The van der Waals surface area contributed by atoms with E-state index in [1.807, 2.05) is 13.0 Å². The van der Waals surface area contributed by atoms with Crippen LogP contribution in [0, 0.1) is 6.92 Å². The molecule has 0 atom stereocenters. The highest BCUT2D eigenvalue weighted by Gasteiger charge is 2.30. The van der Waals surface area contributed by atoms with Crippen LogP contribution in [-0.4, -0.2) is 9.78 Å². The van der Waals surface area contributed by atoms with Crippen LogP contribution in [0.5, 0.6) is 0 Å². The van der Waals surface area contributed by atoms with Gasteiger partial charge in [-0.1, -0.05) is 11.8 Å². The lowest BCUT2D eigenvalue weighted by molar-refractivity contribution is -0.137. The molecule has 3 nitrogen and oxygen atoms in total. The molecule has 0 saturated heterocycles. The van der Waals surface area contributed by atoms with Gasteiger partial charge in [-0.25, -0.2) is 0 Å². The van der Waals surface area contributed by atoms with Crippen LogP contribution in [0.1, 0.15) is 16.8 Å². The van der Waals surface area contributed by atoms with Crippen LogP contribution in [0.3, 0.4) is 0 Å². The number of nitrogens with two attached hydrogens (primary N) is 1. The zero-order valence-electron chi connectivity index (χ0n) is 11.0. The van der Waals surface area contributed by atoms with E-state index in [2.05, 4.69) is 5.10 Å². The van der Waals surface area contributed by atoms with Gasteiger partial charge in [-0.3, -0.25) is 4.68 Å². The highest BCUT2D eigenvalue weighted by Crippen LogP contribution is 2.35. The smallest absolute Gasteiger partial charge is 0.326 e. The van der Waals surface area contributed by atoms with Gasteiger partial charge in [-0.15, -0.1) is 0 Å². The molecule has 7 heteroatoms. The maximum atomic E-state index is 12.7. The molecule has 0 spiro atoms. The quantitative estimate of drug-likeness (QED) is 0.945. The van der Waals surface area contributed by atoms with Gasteiger partial charge in [0.1, 0.15) is 0 Å². The molecule has 0 radical (unpaired) electrons. The van der Waals surface area contributed by atoms with Crippen LogP contribution in [0.2, 0.25) is 0 Å². The van der Waals surface area contributed by atoms with Crippen LogP contribution in [0.15, 0.2) is 34.2 Å². The van der Waals surface area contributed by atoms with Crippen molar-refractivity contribution in [3.63, 3.8) is 0 Å². The first-order chi connectivity index (χ1) is 9.31. The molecule has 0 aliphatic carbocycles. The Morgan fingerprint density at radius 1 is 1.30 bits per heavy atom. The number of nitrogens with zero attached hydrogens (tertiary/aromatic N) is 2. The average molecular weight is 301 g/mol. The van der Waals surface area contributed by atoms with E-state index >= 15 is 0 Å². The fourth-order valence-electron chi connectivity index (χ4n) is 1.81. The second-order valence-electron chi connectivity index (χ2n) is 4.37. The molecule has 1 heterocycles. The van der Waals surface area contributed by atoms with Crippen LogP contribution in [-0.2, 0) is 19.8 Å². The van der Waals surface area contributed by atoms with Crippen molar-refractivity contribution in [2.75, 3.05) is 0 Å². The number of benzene rings is 1. The molecule has 0 bridgehead atoms. The standard InChI is InChI=1S/C13H14F3N3S/c1-8-5-12(19(2)18-8)20-11-4-3-10(13(14,15)16)6-9(11)7-17/h3-6H,7,17H2,1-2H3. The third-order valence-corrected chi connectivity index (χ3v) is 3.99. The molecule has 0 unspecified atom stereocenters. The molecule has 0 amide bonds. The fourth-order valence-corrected chi connectivity index (χ4v) is 2.85. The molecule has 20 heavy (non-hydrogen) atoms. The van der Waals surface area contributed by atoms with Gasteiger partial charge in [0, 0.05) is 18.5 Å².